The zero-order chi connectivity index (χ0) is 16.8. The molecule has 0 aliphatic rings. The summed E-state index contributed by atoms with van der Waals surface area (Å²) >= 11 is 0. The normalized spacial score (nSPS) is 11.3. The molecule has 2 aromatic heterocycles. The Morgan fingerprint density at radius 2 is 1.92 bits per heavy atom. The molecular weight excluding hydrogens is 302 g/mol. The molecule has 0 amide bonds. The second kappa shape index (κ2) is 5.23. The first-order valence-electron chi connectivity index (χ1n) is 7.71. The van der Waals surface area contributed by atoms with E-state index in [0.717, 1.165) is 33.3 Å². The number of aromatic nitrogens is 3. The monoisotopic (exact) mass is 319 g/mol. The second-order valence-electron chi connectivity index (χ2n) is 5.90. The van der Waals surface area contributed by atoms with Gasteiger partial charge in [0.05, 0.1) is 19.0 Å². The predicted octanol–water partition coefficient (Wildman–Crippen LogP) is 3.19. The molecule has 0 N–H and O–H groups in total. The fourth-order valence-corrected chi connectivity index (χ4v) is 3.18. The molecule has 0 saturated carbocycles. The van der Waals surface area contributed by atoms with Crippen LogP contribution < -0.4 is 10.3 Å². The maximum absolute atomic E-state index is 13.0. The Kier molecular flexibility index (Phi) is 3.16. The van der Waals surface area contributed by atoms with Crippen molar-refractivity contribution in [2.75, 3.05) is 7.11 Å². The number of aryl methyl sites for hydroxylation is 2. The smallest absolute Gasteiger partial charge is 0.296 e. The number of fused-ring (bicyclic) bond motifs is 3. The average molecular weight is 319 g/mol. The summed E-state index contributed by atoms with van der Waals surface area (Å²) in [6, 6.07) is 13.6. The van der Waals surface area contributed by atoms with Gasteiger partial charge in [0.25, 0.3) is 5.56 Å². The van der Waals surface area contributed by atoms with Crippen molar-refractivity contribution >= 4 is 21.8 Å². The third-order valence-electron chi connectivity index (χ3n) is 4.39. The number of nitrogens with zero attached hydrogens (tertiary/aromatic N) is 3. The van der Waals surface area contributed by atoms with E-state index in [0.29, 0.717) is 5.52 Å². The van der Waals surface area contributed by atoms with Crippen molar-refractivity contribution in [1.82, 2.24) is 14.3 Å². The first-order valence-corrected chi connectivity index (χ1v) is 7.71. The van der Waals surface area contributed by atoms with Crippen molar-refractivity contribution < 1.29 is 4.74 Å². The van der Waals surface area contributed by atoms with Gasteiger partial charge >= 0.3 is 0 Å². The average Bonchev–Trinajstić information content (AvgIpc) is 2.88. The van der Waals surface area contributed by atoms with E-state index in [1.807, 2.05) is 61.0 Å². The first kappa shape index (κ1) is 14.5. The minimum absolute atomic E-state index is 0.129. The maximum Gasteiger partial charge on any atom is 0.296 e. The van der Waals surface area contributed by atoms with E-state index in [1.54, 1.807) is 13.3 Å². The molecule has 0 unspecified atom stereocenters. The lowest BCUT2D eigenvalue weighted by Crippen LogP contribution is -2.22. The molecule has 0 fully saturated rings. The highest BCUT2D eigenvalue weighted by atomic mass is 16.5. The lowest BCUT2D eigenvalue weighted by atomic mass is 10.2. The van der Waals surface area contributed by atoms with Gasteiger partial charge < -0.3 is 9.30 Å². The Morgan fingerprint density at radius 1 is 1.08 bits per heavy atom. The minimum atomic E-state index is -0.129. The van der Waals surface area contributed by atoms with E-state index in [2.05, 4.69) is 5.10 Å². The highest BCUT2D eigenvalue weighted by molar-refractivity contribution is 6.07. The molecule has 0 spiro atoms. The quantitative estimate of drug-likeness (QED) is 0.570. The van der Waals surface area contributed by atoms with E-state index in [4.69, 9.17) is 4.74 Å². The third-order valence-corrected chi connectivity index (χ3v) is 4.39. The summed E-state index contributed by atoms with van der Waals surface area (Å²) in [6.07, 6.45) is 1.75. The Hall–Kier alpha value is -3.08. The molecular formula is C19H17N3O2. The summed E-state index contributed by atoms with van der Waals surface area (Å²) in [7, 11) is 3.54. The van der Waals surface area contributed by atoms with Crippen molar-refractivity contribution in [3.05, 3.63) is 64.6 Å². The maximum atomic E-state index is 13.0. The zero-order valence-electron chi connectivity index (χ0n) is 13.8. The number of methoxy groups -OCH3 is 1. The summed E-state index contributed by atoms with van der Waals surface area (Å²) in [5.74, 6) is 0.762. The Balaban J connectivity index is 2.08. The molecule has 2 aromatic carbocycles. The predicted molar refractivity (Wildman–Crippen MR) is 95.1 cm³/mol. The van der Waals surface area contributed by atoms with Crippen LogP contribution in [-0.4, -0.2) is 21.5 Å². The van der Waals surface area contributed by atoms with Crippen LogP contribution >= 0.6 is 0 Å². The lowest BCUT2D eigenvalue weighted by Gasteiger charge is -2.06. The van der Waals surface area contributed by atoms with Crippen LogP contribution in [0.15, 0.2) is 53.5 Å². The summed E-state index contributed by atoms with van der Waals surface area (Å²) in [5.41, 5.74) is 3.34. The molecule has 0 aliphatic carbocycles. The SMILES string of the molecule is COc1ccc2c(c1)c1cnn(-c3cccc(C)c3)c(=O)c1n2C. The molecule has 2 heterocycles. The van der Waals surface area contributed by atoms with Crippen LogP contribution in [0.2, 0.25) is 0 Å². The summed E-state index contributed by atoms with van der Waals surface area (Å²) in [6.45, 7) is 2.00. The zero-order valence-corrected chi connectivity index (χ0v) is 13.8. The van der Waals surface area contributed by atoms with Crippen LogP contribution in [0.1, 0.15) is 5.56 Å². The van der Waals surface area contributed by atoms with Gasteiger partial charge in [0.15, 0.2) is 0 Å². The number of hydrogen-bond donors (Lipinski definition) is 0. The molecule has 5 nitrogen and oxygen atoms in total. The molecule has 0 aliphatic heterocycles. The van der Waals surface area contributed by atoms with Gasteiger partial charge in [-0.3, -0.25) is 4.79 Å². The molecule has 0 radical (unpaired) electrons. The molecule has 4 aromatic rings. The molecule has 24 heavy (non-hydrogen) atoms. The largest absolute Gasteiger partial charge is 0.497 e. The van der Waals surface area contributed by atoms with Crippen molar-refractivity contribution in [2.24, 2.45) is 7.05 Å². The van der Waals surface area contributed by atoms with Gasteiger partial charge in [-0.05, 0) is 42.8 Å². The van der Waals surface area contributed by atoms with Gasteiger partial charge in [-0.25, -0.2) is 0 Å². The Labute approximate surface area is 138 Å². The van der Waals surface area contributed by atoms with E-state index in [9.17, 15) is 4.79 Å². The molecule has 0 atom stereocenters. The van der Waals surface area contributed by atoms with E-state index in [1.165, 1.54) is 4.68 Å². The van der Waals surface area contributed by atoms with Gasteiger partial charge in [-0.15, -0.1) is 0 Å². The standard InChI is InChI=1S/C19H17N3O2/c1-12-5-4-6-13(9-12)22-19(23)18-16(11-20-22)15-10-14(24-3)7-8-17(15)21(18)2/h4-11H,1-3H3. The molecule has 4 rings (SSSR count). The van der Waals surface area contributed by atoms with Crippen LogP contribution in [0.3, 0.4) is 0 Å². The highest BCUT2D eigenvalue weighted by Crippen LogP contribution is 2.29. The van der Waals surface area contributed by atoms with Gasteiger partial charge in [0.2, 0.25) is 0 Å². The molecule has 120 valence electrons. The molecule has 5 heteroatoms. The van der Waals surface area contributed by atoms with Crippen LogP contribution in [0.5, 0.6) is 5.75 Å². The van der Waals surface area contributed by atoms with E-state index >= 15 is 0 Å². The first-order chi connectivity index (χ1) is 11.6. The minimum Gasteiger partial charge on any atom is -0.497 e. The summed E-state index contributed by atoms with van der Waals surface area (Å²) in [4.78, 5) is 13.0. The lowest BCUT2D eigenvalue weighted by molar-refractivity contribution is 0.415. The number of benzene rings is 2. The topological polar surface area (TPSA) is 49.1 Å². The van der Waals surface area contributed by atoms with E-state index in [-0.39, 0.29) is 5.56 Å². The highest BCUT2D eigenvalue weighted by Gasteiger charge is 2.15. The van der Waals surface area contributed by atoms with Gasteiger partial charge in [0.1, 0.15) is 11.3 Å². The fraction of sp³-hybridized carbons (Fsp3) is 0.158. The number of hydrogen-bond acceptors (Lipinski definition) is 3. The molecule has 0 saturated heterocycles. The van der Waals surface area contributed by atoms with Gasteiger partial charge in [0, 0.05) is 23.3 Å². The summed E-state index contributed by atoms with van der Waals surface area (Å²) < 4.78 is 8.67. The fourth-order valence-electron chi connectivity index (χ4n) is 3.18. The van der Waals surface area contributed by atoms with Crippen LogP contribution in [0, 0.1) is 6.92 Å². The second-order valence-corrected chi connectivity index (χ2v) is 5.90. The van der Waals surface area contributed by atoms with Crippen molar-refractivity contribution in [3.63, 3.8) is 0 Å². The van der Waals surface area contributed by atoms with Gasteiger partial charge in [-0.2, -0.15) is 9.78 Å². The number of rotatable bonds is 2. The van der Waals surface area contributed by atoms with Crippen LogP contribution in [-0.2, 0) is 7.05 Å². The van der Waals surface area contributed by atoms with Crippen LogP contribution in [0.25, 0.3) is 27.5 Å². The van der Waals surface area contributed by atoms with Crippen molar-refractivity contribution in [2.45, 2.75) is 6.92 Å². The number of ether oxygens (including phenoxy) is 1. The third kappa shape index (κ3) is 2.01. The van der Waals surface area contributed by atoms with Crippen LogP contribution in [0.4, 0.5) is 0 Å². The van der Waals surface area contributed by atoms with Crippen molar-refractivity contribution in [3.8, 4) is 11.4 Å². The Morgan fingerprint density at radius 3 is 2.67 bits per heavy atom. The van der Waals surface area contributed by atoms with Crippen molar-refractivity contribution in [1.29, 1.82) is 0 Å². The molecule has 0 bridgehead atoms. The Bertz CT molecular complexity index is 1140. The van der Waals surface area contributed by atoms with E-state index < -0.39 is 0 Å². The summed E-state index contributed by atoms with van der Waals surface area (Å²) in [5, 5.41) is 6.19. The van der Waals surface area contributed by atoms with Gasteiger partial charge in [-0.1, -0.05) is 12.1 Å².